The van der Waals surface area contributed by atoms with Crippen LogP contribution in [0.5, 0.6) is 0 Å². The molecule has 0 radical (unpaired) electrons. The highest BCUT2D eigenvalue weighted by Gasteiger charge is 2.27. The third-order valence-corrected chi connectivity index (χ3v) is 5.80. The van der Waals surface area contributed by atoms with Crippen LogP contribution in [0, 0.1) is 0 Å². The van der Waals surface area contributed by atoms with Crippen LogP contribution in [-0.2, 0) is 17.6 Å². The average Bonchev–Trinajstić information content (AvgIpc) is 2.67. The number of hydrogen-bond donors (Lipinski definition) is 1. The molecule has 2 aliphatic rings. The molecule has 0 saturated carbocycles. The molecule has 1 aliphatic heterocycles. The monoisotopic (exact) mass is 361 g/mol. The van der Waals surface area contributed by atoms with E-state index in [4.69, 9.17) is 4.74 Å². The minimum atomic E-state index is -0.458. The van der Waals surface area contributed by atoms with Gasteiger partial charge in [0.1, 0.15) is 0 Å². The topological polar surface area (TPSA) is 32.7 Å². The van der Waals surface area contributed by atoms with Gasteiger partial charge in [0.2, 0.25) is 0 Å². The predicted molar refractivity (Wildman–Crippen MR) is 105 cm³/mol. The largest absolute Gasteiger partial charge is 0.387 e. The zero-order chi connectivity index (χ0) is 16.5. The summed E-state index contributed by atoms with van der Waals surface area (Å²) in [7, 11) is 0. The van der Waals surface area contributed by atoms with Crippen LogP contribution in [0.4, 0.5) is 0 Å². The lowest BCUT2D eigenvalue weighted by molar-refractivity contribution is -0.0162. The second-order valence-corrected chi connectivity index (χ2v) is 7.19. The number of aryl methyl sites for hydroxylation is 2. The van der Waals surface area contributed by atoms with Gasteiger partial charge >= 0.3 is 0 Å². The molecule has 0 aromatic heterocycles. The smallest absolute Gasteiger partial charge is 0.0948 e. The summed E-state index contributed by atoms with van der Waals surface area (Å²) in [5.41, 5.74) is 4.06. The van der Waals surface area contributed by atoms with Crippen molar-refractivity contribution in [2.45, 2.75) is 44.8 Å². The Morgan fingerprint density at radius 2 is 1.72 bits per heavy atom. The van der Waals surface area contributed by atoms with Crippen molar-refractivity contribution < 1.29 is 9.84 Å². The van der Waals surface area contributed by atoms with Crippen molar-refractivity contribution in [1.82, 2.24) is 4.90 Å². The van der Waals surface area contributed by atoms with Gasteiger partial charge in [0, 0.05) is 19.1 Å². The number of hydrogen-bond acceptors (Lipinski definition) is 3. The van der Waals surface area contributed by atoms with Crippen molar-refractivity contribution in [3.63, 3.8) is 0 Å². The lowest BCUT2D eigenvalue weighted by Gasteiger charge is -2.35. The molecule has 2 aromatic rings. The van der Waals surface area contributed by atoms with Gasteiger partial charge in [-0.05, 0) is 60.1 Å². The Hall–Kier alpha value is -1.13. The summed E-state index contributed by atoms with van der Waals surface area (Å²) in [5.74, 6) is 0. The van der Waals surface area contributed by atoms with Crippen LogP contribution in [-0.4, -0.2) is 42.4 Å². The lowest BCUT2D eigenvalue weighted by atomic mass is 9.83. The number of ether oxygens (including phenoxy) is 1. The van der Waals surface area contributed by atoms with Gasteiger partial charge in [-0.25, -0.2) is 0 Å². The fourth-order valence-corrected chi connectivity index (χ4v) is 4.35. The number of nitrogens with zero attached hydrogens (tertiary/aromatic N) is 1. The molecule has 0 amide bonds. The van der Waals surface area contributed by atoms with Gasteiger partial charge in [0.15, 0.2) is 0 Å². The summed E-state index contributed by atoms with van der Waals surface area (Å²) in [5, 5.41) is 13.7. The van der Waals surface area contributed by atoms with Crippen molar-refractivity contribution >= 4 is 23.2 Å². The van der Waals surface area contributed by atoms with Crippen molar-refractivity contribution in [1.29, 1.82) is 0 Å². The molecule has 3 nitrogen and oxygen atoms in total. The summed E-state index contributed by atoms with van der Waals surface area (Å²) in [6.07, 6.45) is 4.40. The molecule has 2 unspecified atom stereocenters. The summed E-state index contributed by atoms with van der Waals surface area (Å²) >= 11 is 0. The van der Waals surface area contributed by atoms with Crippen LogP contribution in [0.15, 0.2) is 30.3 Å². The van der Waals surface area contributed by atoms with Crippen molar-refractivity contribution in [2.75, 3.05) is 26.3 Å². The van der Waals surface area contributed by atoms with Crippen LogP contribution in [0.3, 0.4) is 0 Å². The van der Waals surface area contributed by atoms with E-state index in [9.17, 15) is 5.11 Å². The minimum Gasteiger partial charge on any atom is -0.387 e. The maximum atomic E-state index is 11.2. The molecule has 1 saturated heterocycles. The van der Waals surface area contributed by atoms with E-state index in [1.54, 1.807) is 0 Å². The lowest BCUT2D eigenvalue weighted by Crippen LogP contribution is -2.44. The summed E-state index contributed by atoms with van der Waals surface area (Å²) in [6.45, 7) is 5.48. The Labute approximate surface area is 156 Å². The zero-order valence-corrected chi connectivity index (χ0v) is 15.7. The third-order valence-electron chi connectivity index (χ3n) is 5.80. The second kappa shape index (κ2) is 8.05. The highest BCUT2D eigenvalue weighted by molar-refractivity contribution is 5.90. The average molecular weight is 362 g/mol. The molecule has 1 fully saturated rings. The van der Waals surface area contributed by atoms with E-state index in [1.165, 1.54) is 41.2 Å². The summed E-state index contributed by atoms with van der Waals surface area (Å²) < 4.78 is 5.46. The quantitative estimate of drug-likeness (QED) is 0.900. The van der Waals surface area contributed by atoms with Crippen molar-refractivity contribution in [3.8, 4) is 0 Å². The first kappa shape index (κ1) is 18.7. The second-order valence-electron chi connectivity index (χ2n) is 7.19. The van der Waals surface area contributed by atoms with Gasteiger partial charge in [-0.3, -0.25) is 4.90 Å². The third kappa shape index (κ3) is 3.56. The number of fused-ring (bicyclic) bond motifs is 3. The number of morpholine rings is 1. The zero-order valence-electron chi connectivity index (χ0n) is 14.9. The van der Waals surface area contributed by atoms with E-state index in [1.807, 2.05) is 0 Å². The van der Waals surface area contributed by atoms with Gasteiger partial charge in [-0.2, -0.15) is 0 Å². The number of benzene rings is 2. The van der Waals surface area contributed by atoms with Crippen molar-refractivity contribution in [3.05, 3.63) is 47.0 Å². The van der Waals surface area contributed by atoms with E-state index < -0.39 is 6.10 Å². The molecule has 4 heteroatoms. The van der Waals surface area contributed by atoms with Gasteiger partial charge in [-0.15, -0.1) is 12.4 Å². The molecule has 136 valence electrons. The first-order valence-electron chi connectivity index (χ1n) is 9.29. The SMILES string of the molecule is CC(C(O)c1cc2c(c3ccccc13)CCCC2)N1CCOCC1.Cl. The molecule has 4 rings (SSSR count). The van der Waals surface area contributed by atoms with E-state index in [0.29, 0.717) is 0 Å². The van der Waals surface area contributed by atoms with Crippen LogP contribution in [0.2, 0.25) is 0 Å². The maximum Gasteiger partial charge on any atom is 0.0948 e. The standard InChI is InChI=1S/C21H27NO2.ClH/c1-15(22-10-12-24-13-11-22)21(23)20-14-16-6-2-3-7-17(16)18-8-4-5-9-19(18)20;/h4-5,8-9,14-15,21,23H,2-3,6-7,10-13H2,1H3;1H. The molecule has 0 spiro atoms. The van der Waals surface area contributed by atoms with E-state index in [-0.39, 0.29) is 18.4 Å². The summed E-state index contributed by atoms with van der Waals surface area (Å²) in [4.78, 5) is 2.35. The Kier molecular flexibility index (Phi) is 6.00. The first-order chi connectivity index (χ1) is 11.8. The van der Waals surface area contributed by atoms with E-state index in [0.717, 1.165) is 38.3 Å². The Morgan fingerprint density at radius 1 is 1.04 bits per heavy atom. The molecular formula is C21H28ClNO2. The van der Waals surface area contributed by atoms with Crippen LogP contribution >= 0.6 is 12.4 Å². The Morgan fingerprint density at radius 3 is 2.48 bits per heavy atom. The van der Waals surface area contributed by atoms with E-state index in [2.05, 4.69) is 42.2 Å². The van der Waals surface area contributed by atoms with Crippen LogP contribution in [0.1, 0.15) is 42.6 Å². The Bertz CT molecular complexity index is 727. The van der Waals surface area contributed by atoms with Gasteiger partial charge in [0.25, 0.3) is 0 Å². The molecule has 25 heavy (non-hydrogen) atoms. The van der Waals surface area contributed by atoms with Crippen LogP contribution < -0.4 is 0 Å². The van der Waals surface area contributed by atoms with E-state index >= 15 is 0 Å². The molecule has 1 aliphatic carbocycles. The van der Waals surface area contributed by atoms with Crippen molar-refractivity contribution in [2.24, 2.45) is 0 Å². The van der Waals surface area contributed by atoms with Gasteiger partial charge < -0.3 is 9.84 Å². The normalized spacial score (nSPS) is 20.6. The summed E-state index contributed by atoms with van der Waals surface area (Å²) in [6, 6.07) is 11.0. The Balaban J connectivity index is 0.00000182. The van der Waals surface area contributed by atoms with Gasteiger partial charge in [-0.1, -0.05) is 30.3 Å². The molecule has 2 aromatic carbocycles. The molecular weight excluding hydrogens is 334 g/mol. The highest BCUT2D eigenvalue weighted by atomic mass is 35.5. The van der Waals surface area contributed by atoms with Gasteiger partial charge in [0.05, 0.1) is 19.3 Å². The number of aliphatic hydroxyl groups excluding tert-OH is 1. The predicted octanol–water partition coefficient (Wildman–Crippen LogP) is 3.89. The number of halogens is 1. The fraction of sp³-hybridized carbons (Fsp3) is 0.524. The van der Waals surface area contributed by atoms with Crippen LogP contribution in [0.25, 0.3) is 10.8 Å². The first-order valence-corrected chi connectivity index (χ1v) is 9.29. The number of rotatable bonds is 3. The maximum absolute atomic E-state index is 11.2. The highest BCUT2D eigenvalue weighted by Crippen LogP contribution is 2.35. The fourth-order valence-electron chi connectivity index (χ4n) is 4.35. The molecule has 1 N–H and O–H groups in total. The minimum absolute atomic E-state index is 0. The number of aliphatic hydroxyl groups is 1. The molecule has 2 atom stereocenters. The molecule has 0 bridgehead atoms. The molecule has 1 heterocycles.